The van der Waals surface area contributed by atoms with Crippen LogP contribution in [-0.4, -0.2) is 20.7 Å². The van der Waals surface area contributed by atoms with Crippen LogP contribution >= 0.6 is 0 Å². The van der Waals surface area contributed by atoms with E-state index in [-0.39, 0.29) is 17.9 Å². The van der Waals surface area contributed by atoms with Crippen molar-refractivity contribution in [2.45, 2.75) is 19.8 Å². The minimum Gasteiger partial charge on any atom is -0.212 e. The molecular formula is C13H16FNO2S. The summed E-state index contributed by atoms with van der Waals surface area (Å²) in [5.41, 5.74) is 0.269. The lowest BCUT2D eigenvalue weighted by Crippen LogP contribution is -2.26. The van der Waals surface area contributed by atoms with Crippen molar-refractivity contribution >= 4 is 10.0 Å². The van der Waals surface area contributed by atoms with E-state index in [1.807, 2.05) is 6.92 Å². The van der Waals surface area contributed by atoms with Gasteiger partial charge in [0.25, 0.3) is 0 Å². The fraction of sp³-hybridized carbons (Fsp3) is 0.385. The maximum atomic E-state index is 13.2. The maximum Gasteiger partial charge on any atom is 0.212 e. The molecule has 0 aliphatic carbocycles. The number of hydrogen-bond donors (Lipinski definition) is 1. The van der Waals surface area contributed by atoms with Crippen molar-refractivity contribution in [3.63, 3.8) is 0 Å². The third kappa shape index (κ3) is 5.30. The summed E-state index contributed by atoms with van der Waals surface area (Å²) in [5, 5.41) is 0. The Bertz CT molecular complexity index is 544. The van der Waals surface area contributed by atoms with E-state index in [4.69, 9.17) is 0 Å². The van der Waals surface area contributed by atoms with E-state index in [2.05, 4.69) is 16.6 Å². The largest absolute Gasteiger partial charge is 0.212 e. The van der Waals surface area contributed by atoms with Crippen molar-refractivity contribution in [3.8, 4) is 11.8 Å². The summed E-state index contributed by atoms with van der Waals surface area (Å²) < 4.78 is 38.4. The van der Waals surface area contributed by atoms with Crippen molar-refractivity contribution < 1.29 is 12.8 Å². The molecule has 5 heteroatoms. The van der Waals surface area contributed by atoms with Gasteiger partial charge in [-0.15, -0.1) is 0 Å². The molecule has 0 fully saturated rings. The summed E-state index contributed by atoms with van der Waals surface area (Å²) in [6.45, 7) is 1.92. The second kappa shape index (κ2) is 7.14. The Kier molecular flexibility index (Phi) is 5.83. The van der Waals surface area contributed by atoms with E-state index in [1.165, 1.54) is 6.07 Å². The molecular weight excluding hydrogens is 253 g/mol. The highest BCUT2D eigenvalue weighted by atomic mass is 32.2. The highest BCUT2D eigenvalue weighted by Gasteiger charge is 2.06. The summed E-state index contributed by atoms with van der Waals surface area (Å²) in [5.74, 6) is 4.88. The minimum atomic E-state index is -3.25. The van der Waals surface area contributed by atoms with Gasteiger partial charge in [-0.1, -0.05) is 37.3 Å². The molecule has 0 spiro atoms. The monoisotopic (exact) mass is 269 g/mol. The van der Waals surface area contributed by atoms with E-state index in [9.17, 15) is 12.8 Å². The first-order valence-electron chi connectivity index (χ1n) is 5.76. The molecule has 0 saturated carbocycles. The molecule has 0 heterocycles. The quantitative estimate of drug-likeness (QED) is 0.830. The topological polar surface area (TPSA) is 46.2 Å². The molecule has 0 aromatic heterocycles. The molecule has 0 amide bonds. The second-order valence-electron chi connectivity index (χ2n) is 3.78. The third-order valence-electron chi connectivity index (χ3n) is 2.24. The second-order valence-corrected chi connectivity index (χ2v) is 5.70. The van der Waals surface area contributed by atoms with Gasteiger partial charge in [0, 0.05) is 0 Å². The molecule has 0 saturated heterocycles. The molecule has 0 radical (unpaired) electrons. The van der Waals surface area contributed by atoms with Crippen LogP contribution in [0.3, 0.4) is 0 Å². The van der Waals surface area contributed by atoms with Gasteiger partial charge in [-0.25, -0.2) is 17.5 Å². The van der Waals surface area contributed by atoms with Crippen LogP contribution in [0.25, 0.3) is 0 Å². The Morgan fingerprint density at radius 3 is 2.72 bits per heavy atom. The fourth-order valence-electron chi connectivity index (χ4n) is 1.25. The van der Waals surface area contributed by atoms with Gasteiger partial charge < -0.3 is 0 Å². The predicted molar refractivity (Wildman–Crippen MR) is 70.0 cm³/mol. The van der Waals surface area contributed by atoms with E-state index in [0.717, 1.165) is 6.42 Å². The molecule has 1 N–H and O–H groups in total. The van der Waals surface area contributed by atoms with Crippen LogP contribution in [0.1, 0.15) is 25.3 Å². The SMILES string of the molecule is CCCCS(=O)(=O)NCC#Cc1ccccc1F. The molecule has 0 bridgehead atoms. The number of sulfonamides is 1. The highest BCUT2D eigenvalue weighted by Crippen LogP contribution is 2.03. The van der Waals surface area contributed by atoms with Crippen molar-refractivity contribution in [1.82, 2.24) is 4.72 Å². The summed E-state index contributed by atoms with van der Waals surface area (Å²) in [6.07, 6.45) is 1.44. The van der Waals surface area contributed by atoms with Gasteiger partial charge in [-0.2, -0.15) is 0 Å². The normalized spacial score (nSPS) is 10.8. The lowest BCUT2D eigenvalue weighted by Gasteiger charge is -2.01. The fourth-order valence-corrected chi connectivity index (χ4v) is 2.36. The van der Waals surface area contributed by atoms with Crippen molar-refractivity contribution in [1.29, 1.82) is 0 Å². The molecule has 0 atom stereocenters. The number of benzene rings is 1. The first-order valence-corrected chi connectivity index (χ1v) is 7.41. The predicted octanol–water partition coefficient (Wildman–Crippen LogP) is 1.90. The summed E-state index contributed by atoms with van der Waals surface area (Å²) in [7, 11) is -3.25. The van der Waals surface area contributed by atoms with E-state index in [0.29, 0.717) is 6.42 Å². The van der Waals surface area contributed by atoms with E-state index < -0.39 is 15.8 Å². The Morgan fingerprint density at radius 1 is 1.33 bits per heavy atom. The summed E-state index contributed by atoms with van der Waals surface area (Å²) in [4.78, 5) is 0. The number of nitrogens with one attached hydrogen (secondary N) is 1. The number of rotatable bonds is 5. The zero-order valence-corrected chi connectivity index (χ0v) is 11.1. The van der Waals surface area contributed by atoms with E-state index >= 15 is 0 Å². The first-order chi connectivity index (χ1) is 8.55. The zero-order valence-electron chi connectivity index (χ0n) is 10.2. The Morgan fingerprint density at radius 2 is 2.06 bits per heavy atom. The Labute approximate surface area is 107 Å². The van der Waals surface area contributed by atoms with Gasteiger partial charge in [0.1, 0.15) is 5.82 Å². The van der Waals surface area contributed by atoms with Crippen LogP contribution in [0.5, 0.6) is 0 Å². The smallest absolute Gasteiger partial charge is 0.212 e. The van der Waals surface area contributed by atoms with E-state index in [1.54, 1.807) is 18.2 Å². The molecule has 1 aromatic rings. The minimum absolute atomic E-state index is 0.000379. The summed E-state index contributed by atoms with van der Waals surface area (Å²) in [6, 6.07) is 6.12. The van der Waals surface area contributed by atoms with Crippen molar-refractivity contribution in [3.05, 3.63) is 35.6 Å². The van der Waals surface area contributed by atoms with Crippen molar-refractivity contribution in [2.24, 2.45) is 0 Å². The lowest BCUT2D eigenvalue weighted by atomic mass is 10.2. The van der Waals surface area contributed by atoms with Crippen LogP contribution in [0.15, 0.2) is 24.3 Å². The number of hydrogen-bond acceptors (Lipinski definition) is 2. The molecule has 1 aromatic carbocycles. The zero-order chi connectivity index (χ0) is 13.4. The average molecular weight is 269 g/mol. The van der Waals surface area contributed by atoms with Crippen LogP contribution in [-0.2, 0) is 10.0 Å². The Balaban J connectivity index is 2.50. The average Bonchev–Trinajstić information content (AvgIpc) is 2.34. The van der Waals surface area contributed by atoms with Crippen LogP contribution in [0.2, 0.25) is 0 Å². The first kappa shape index (κ1) is 14.7. The molecule has 1 rings (SSSR count). The van der Waals surface area contributed by atoms with Crippen LogP contribution < -0.4 is 4.72 Å². The Hall–Kier alpha value is -1.38. The molecule has 3 nitrogen and oxygen atoms in total. The number of halogens is 1. The van der Waals surface area contributed by atoms with Gasteiger partial charge in [0.05, 0.1) is 17.9 Å². The highest BCUT2D eigenvalue weighted by molar-refractivity contribution is 7.89. The van der Waals surface area contributed by atoms with Crippen LogP contribution in [0.4, 0.5) is 4.39 Å². The molecule has 0 unspecified atom stereocenters. The van der Waals surface area contributed by atoms with Gasteiger partial charge in [-0.3, -0.25) is 0 Å². The van der Waals surface area contributed by atoms with Gasteiger partial charge in [0.15, 0.2) is 0 Å². The molecule has 98 valence electrons. The molecule has 0 aliphatic rings. The summed E-state index contributed by atoms with van der Waals surface area (Å²) >= 11 is 0. The van der Waals surface area contributed by atoms with Gasteiger partial charge in [0.2, 0.25) is 10.0 Å². The standard InChI is InChI=1S/C13H16FNO2S/c1-2-3-11-18(16,17)15-10-6-8-12-7-4-5-9-13(12)14/h4-5,7,9,15H,2-3,10-11H2,1H3. The van der Waals surface area contributed by atoms with Gasteiger partial charge >= 0.3 is 0 Å². The van der Waals surface area contributed by atoms with Crippen molar-refractivity contribution in [2.75, 3.05) is 12.3 Å². The lowest BCUT2D eigenvalue weighted by molar-refractivity contribution is 0.582. The molecule has 18 heavy (non-hydrogen) atoms. The maximum absolute atomic E-state index is 13.2. The molecule has 0 aliphatic heterocycles. The number of unbranched alkanes of at least 4 members (excludes halogenated alkanes) is 1. The van der Waals surface area contributed by atoms with Crippen LogP contribution in [0, 0.1) is 17.7 Å². The van der Waals surface area contributed by atoms with Gasteiger partial charge in [-0.05, 0) is 18.6 Å². The third-order valence-corrected chi connectivity index (χ3v) is 3.65.